The molecule has 98 valence electrons. The number of hydrogen-bond donors (Lipinski definition) is 0. The third-order valence-corrected chi connectivity index (χ3v) is 5.20. The van der Waals surface area contributed by atoms with Crippen molar-refractivity contribution < 1.29 is 9.59 Å². The summed E-state index contributed by atoms with van der Waals surface area (Å²) >= 11 is 3.71. The molecule has 0 aliphatic carbocycles. The molecule has 5 heteroatoms. The molecule has 0 N–H and O–H groups in total. The van der Waals surface area contributed by atoms with Gasteiger partial charge in [0.15, 0.2) is 0 Å². The first-order valence-electron chi connectivity index (χ1n) is 5.88. The Morgan fingerprint density at radius 3 is 2.61 bits per heavy atom. The standard InChI is InChI=1S/C13H16INO2S/c1-13(2,3)9-5-11(16)15(6-9)12(17)8-4-10(14)18-7-8/h4,7,9H,5-6H2,1-3H3. The molecule has 0 radical (unpaired) electrons. The SMILES string of the molecule is CC(C)(C)C1CC(=O)N(C(=O)c2csc(I)c2)C1. The van der Waals surface area contributed by atoms with Crippen molar-refractivity contribution in [1.29, 1.82) is 0 Å². The van der Waals surface area contributed by atoms with Crippen molar-refractivity contribution >= 4 is 45.7 Å². The topological polar surface area (TPSA) is 37.4 Å². The molecule has 0 bridgehead atoms. The lowest BCUT2D eigenvalue weighted by Crippen LogP contribution is -2.33. The highest BCUT2D eigenvalue weighted by molar-refractivity contribution is 14.1. The van der Waals surface area contributed by atoms with Crippen LogP contribution in [0.5, 0.6) is 0 Å². The summed E-state index contributed by atoms with van der Waals surface area (Å²) in [5.41, 5.74) is 0.695. The van der Waals surface area contributed by atoms with Crippen molar-refractivity contribution in [2.45, 2.75) is 27.2 Å². The van der Waals surface area contributed by atoms with Crippen LogP contribution in [0.4, 0.5) is 0 Å². The van der Waals surface area contributed by atoms with Crippen molar-refractivity contribution in [1.82, 2.24) is 4.90 Å². The van der Waals surface area contributed by atoms with Crippen LogP contribution in [0.3, 0.4) is 0 Å². The fourth-order valence-corrected chi connectivity index (χ4v) is 3.38. The summed E-state index contributed by atoms with van der Waals surface area (Å²) in [5, 5.41) is 1.82. The van der Waals surface area contributed by atoms with Crippen LogP contribution in [-0.4, -0.2) is 23.3 Å². The van der Waals surface area contributed by atoms with Gasteiger partial charge in [-0.1, -0.05) is 20.8 Å². The molecule has 18 heavy (non-hydrogen) atoms. The number of imide groups is 1. The highest BCUT2D eigenvalue weighted by atomic mass is 127. The molecule has 1 fully saturated rings. The normalized spacial score (nSPS) is 20.6. The van der Waals surface area contributed by atoms with Crippen molar-refractivity contribution in [2.24, 2.45) is 11.3 Å². The molecular weight excluding hydrogens is 361 g/mol. The van der Waals surface area contributed by atoms with Gasteiger partial charge in [-0.25, -0.2) is 0 Å². The van der Waals surface area contributed by atoms with Crippen LogP contribution in [-0.2, 0) is 4.79 Å². The molecule has 0 saturated carbocycles. The lowest BCUT2D eigenvalue weighted by atomic mass is 9.80. The molecule has 1 aromatic rings. The van der Waals surface area contributed by atoms with Gasteiger partial charge in [-0.15, -0.1) is 11.3 Å². The fourth-order valence-electron chi connectivity index (χ4n) is 2.06. The number of rotatable bonds is 1. The highest BCUT2D eigenvalue weighted by Crippen LogP contribution is 2.35. The molecule has 2 rings (SSSR count). The van der Waals surface area contributed by atoms with Gasteiger partial charge in [0.1, 0.15) is 0 Å². The Hall–Kier alpha value is -0.430. The molecular formula is C13H16INO2S. The lowest BCUT2D eigenvalue weighted by molar-refractivity contribution is -0.125. The van der Waals surface area contributed by atoms with Crippen LogP contribution >= 0.6 is 33.9 Å². The quantitative estimate of drug-likeness (QED) is 0.556. The zero-order valence-corrected chi connectivity index (χ0v) is 13.7. The number of hydrogen-bond acceptors (Lipinski definition) is 3. The van der Waals surface area contributed by atoms with E-state index >= 15 is 0 Å². The van der Waals surface area contributed by atoms with E-state index in [1.54, 1.807) is 0 Å². The van der Waals surface area contributed by atoms with Gasteiger partial charge in [-0.3, -0.25) is 14.5 Å². The molecule has 1 aromatic heterocycles. The summed E-state index contributed by atoms with van der Waals surface area (Å²) in [6, 6.07) is 1.84. The maximum atomic E-state index is 12.3. The number of halogens is 1. The zero-order valence-electron chi connectivity index (χ0n) is 10.7. The maximum absolute atomic E-state index is 12.3. The summed E-state index contributed by atoms with van der Waals surface area (Å²) in [6.07, 6.45) is 0.483. The molecule has 1 saturated heterocycles. The predicted molar refractivity (Wildman–Crippen MR) is 80.6 cm³/mol. The third-order valence-electron chi connectivity index (χ3n) is 3.41. The number of amides is 2. The van der Waals surface area contributed by atoms with E-state index in [2.05, 4.69) is 43.4 Å². The van der Waals surface area contributed by atoms with Gasteiger partial charge in [0.25, 0.3) is 5.91 Å². The molecule has 1 unspecified atom stereocenters. The number of thiophene rings is 1. The Labute approximate surface area is 125 Å². The van der Waals surface area contributed by atoms with Crippen LogP contribution in [0.2, 0.25) is 0 Å². The summed E-state index contributed by atoms with van der Waals surface area (Å²) in [6.45, 7) is 6.90. The van der Waals surface area contributed by atoms with E-state index in [0.29, 0.717) is 18.5 Å². The van der Waals surface area contributed by atoms with E-state index in [9.17, 15) is 9.59 Å². The Kier molecular flexibility index (Phi) is 3.82. The number of likely N-dealkylation sites (tertiary alicyclic amines) is 1. The van der Waals surface area contributed by atoms with Gasteiger partial charge in [-0.2, -0.15) is 0 Å². The Bertz CT molecular complexity index is 489. The lowest BCUT2D eigenvalue weighted by Gasteiger charge is -2.25. The van der Waals surface area contributed by atoms with Crippen LogP contribution in [0.25, 0.3) is 0 Å². The first-order chi connectivity index (χ1) is 8.29. The van der Waals surface area contributed by atoms with E-state index in [1.165, 1.54) is 16.2 Å². The molecule has 1 aliphatic rings. The van der Waals surface area contributed by atoms with Gasteiger partial charge in [0.2, 0.25) is 5.91 Å². The first kappa shape index (κ1) is 14.0. The monoisotopic (exact) mass is 377 g/mol. The van der Waals surface area contributed by atoms with Crippen molar-refractivity contribution in [3.63, 3.8) is 0 Å². The van der Waals surface area contributed by atoms with Crippen molar-refractivity contribution in [3.05, 3.63) is 19.9 Å². The Balaban J connectivity index is 2.15. The van der Waals surface area contributed by atoms with E-state index in [1.807, 2.05) is 11.4 Å². The van der Waals surface area contributed by atoms with Gasteiger partial charge < -0.3 is 0 Å². The van der Waals surface area contributed by atoms with Gasteiger partial charge in [0, 0.05) is 18.3 Å². The second-order valence-corrected chi connectivity index (χ2v) is 8.52. The zero-order chi connectivity index (χ0) is 13.5. The first-order valence-corrected chi connectivity index (χ1v) is 7.83. The van der Waals surface area contributed by atoms with E-state index in [0.717, 1.165) is 2.88 Å². The second kappa shape index (κ2) is 4.92. The largest absolute Gasteiger partial charge is 0.278 e. The van der Waals surface area contributed by atoms with Gasteiger partial charge >= 0.3 is 0 Å². The summed E-state index contributed by atoms with van der Waals surface area (Å²) in [7, 11) is 0. The van der Waals surface area contributed by atoms with Gasteiger partial charge in [0.05, 0.1) is 8.45 Å². The molecule has 2 amide bonds. The second-order valence-electron chi connectivity index (χ2n) is 5.72. The highest BCUT2D eigenvalue weighted by Gasteiger charge is 2.39. The average molecular weight is 377 g/mol. The minimum atomic E-state index is -0.147. The van der Waals surface area contributed by atoms with E-state index in [-0.39, 0.29) is 23.1 Å². The minimum absolute atomic E-state index is 0.0406. The molecule has 2 heterocycles. The van der Waals surface area contributed by atoms with Gasteiger partial charge in [-0.05, 0) is 40.0 Å². The fraction of sp³-hybridized carbons (Fsp3) is 0.538. The molecule has 3 nitrogen and oxygen atoms in total. The molecule has 1 aliphatic heterocycles. The van der Waals surface area contributed by atoms with Crippen molar-refractivity contribution in [3.8, 4) is 0 Å². The number of carbonyl (C=O) groups excluding carboxylic acids is 2. The molecule has 0 spiro atoms. The predicted octanol–water partition coefficient (Wildman–Crippen LogP) is 3.39. The average Bonchev–Trinajstić information content (AvgIpc) is 2.83. The third kappa shape index (κ3) is 2.77. The smallest absolute Gasteiger partial charge is 0.261 e. The Morgan fingerprint density at radius 2 is 2.17 bits per heavy atom. The van der Waals surface area contributed by atoms with Crippen LogP contribution in [0.15, 0.2) is 11.4 Å². The van der Waals surface area contributed by atoms with E-state index in [4.69, 9.17) is 0 Å². The summed E-state index contributed by atoms with van der Waals surface area (Å²) in [5.74, 6) is 0.0682. The summed E-state index contributed by atoms with van der Waals surface area (Å²) in [4.78, 5) is 25.6. The number of nitrogens with zero attached hydrogens (tertiary/aromatic N) is 1. The van der Waals surface area contributed by atoms with E-state index < -0.39 is 0 Å². The maximum Gasteiger partial charge on any atom is 0.261 e. The van der Waals surface area contributed by atoms with Crippen LogP contribution < -0.4 is 0 Å². The number of carbonyl (C=O) groups is 2. The van der Waals surface area contributed by atoms with Crippen molar-refractivity contribution in [2.75, 3.05) is 6.54 Å². The van der Waals surface area contributed by atoms with Crippen LogP contribution in [0.1, 0.15) is 37.6 Å². The minimum Gasteiger partial charge on any atom is -0.278 e. The summed E-state index contributed by atoms with van der Waals surface area (Å²) < 4.78 is 1.06. The van der Waals surface area contributed by atoms with Crippen LogP contribution in [0, 0.1) is 14.2 Å². The Morgan fingerprint density at radius 1 is 1.50 bits per heavy atom. The molecule has 0 aromatic carbocycles. The molecule has 1 atom stereocenters.